The number of aliphatic hydroxyl groups is 1. The summed E-state index contributed by atoms with van der Waals surface area (Å²) in [4.78, 5) is 2.24. The van der Waals surface area contributed by atoms with Crippen molar-refractivity contribution in [2.24, 2.45) is 0 Å². The number of hydrogen-bond donors (Lipinski definition) is 2. The summed E-state index contributed by atoms with van der Waals surface area (Å²) in [7, 11) is 0. The normalized spacial score (nSPS) is 20.8. The number of hydrogen-bond acceptors (Lipinski definition) is 5. The Morgan fingerprint density at radius 2 is 2.00 bits per heavy atom. The molecule has 1 aromatic carbocycles. The van der Waals surface area contributed by atoms with E-state index in [2.05, 4.69) is 15.0 Å². The van der Waals surface area contributed by atoms with Gasteiger partial charge < -0.3 is 19.9 Å². The summed E-state index contributed by atoms with van der Waals surface area (Å²) in [6, 6.07) is 4.92. The van der Waals surface area contributed by atoms with Crippen molar-refractivity contribution in [3.63, 3.8) is 0 Å². The third kappa shape index (κ3) is 4.03. The lowest BCUT2D eigenvalue weighted by molar-refractivity contribution is -0.287. The van der Waals surface area contributed by atoms with E-state index < -0.39 is 6.29 Å². The highest BCUT2D eigenvalue weighted by Gasteiger charge is 2.45. The zero-order valence-corrected chi connectivity index (χ0v) is 13.5. The van der Waals surface area contributed by atoms with Crippen LogP contribution < -0.4 is 14.8 Å². The van der Waals surface area contributed by atoms with Crippen molar-refractivity contribution in [2.45, 2.75) is 25.2 Å². The molecule has 0 unspecified atom stereocenters. The quantitative estimate of drug-likeness (QED) is 0.852. The van der Waals surface area contributed by atoms with Crippen molar-refractivity contribution in [3.8, 4) is 11.5 Å². The first-order valence-corrected chi connectivity index (χ1v) is 7.55. The van der Waals surface area contributed by atoms with Crippen LogP contribution in [-0.2, 0) is 0 Å². The number of nitrogens with one attached hydrogen (secondary N) is 1. The van der Waals surface area contributed by atoms with Gasteiger partial charge in [0.2, 0.25) is 0 Å². The number of nitrogens with zero attached hydrogens (tertiary/aromatic N) is 1. The number of ether oxygens (including phenoxy) is 2. The molecule has 0 amide bonds. The maximum Gasteiger partial charge on any atom is 0.586 e. The third-order valence-electron chi connectivity index (χ3n) is 4.05. The molecule has 2 aliphatic rings. The van der Waals surface area contributed by atoms with E-state index in [0.717, 1.165) is 26.2 Å². The van der Waals surface area contributed by atoms with E-state index in [4.69, 9.17) is 9.84 Å². The zero-order valence-electron chi connectivity index (χ0n) is 12.6. The molecule has 0 radical (unpaired) electrons. The van der Waals surface area contributed by atoms with Gasteiger partial charge in [-0.3, -0.25) is 4.90 Å². The minimum atomic E-state index is -3.61. The fourth-order valence-corrected chi connectivity index (χ4v) is 3.07. The zero-order chi connectivity index (χ0) is 15.6. The van der Waals surface area contributed by atoms with Gasteiger partial charge in [-0.2, -0.15) is 0 Å². The van der Waals surface area contributed by atoms with Gasteiger partial charge in [0.1, 0.15) is 0 Å². The number of halogens is 3. The van der Waals surface area contributed by atoms with E-state index in [9.17, 15) is 8.78 Å². The van der Waals surface area contributed by atoms with Crippen LogP contribution in [0.15, 0.2) is 18.2 Å². The van der Waals surface area contributed by atoms with Crippen LogP contribution >= 0.6 is 12.4 Å². The van der Waals surface area contributed by atoms with Crippen molar-refractivity contribution >= 4 is 12.4 Å². The Morgan fingerprint density at radius 3 is 2.70 bits per heavy atom. The Hall–Kier alpha value is -1.15. The summed E-state index contributed by atoms with van der Waals surface area (Å²) in [6.07, 6.45) is -2.32. The van der Waals surface area contributed by atoms with Crippen molar-refractivity contribution < 1.29 is 23.4 Å². The summed E-state index contributed by atoms with van der Waals surface area (Å²) < 4.78 is 36.0. The van der Waals surface area contributed by atoms with Gasteiger partial charge in [0.05, 0.1) is 0 Å². The van der Waals surface area contributed by atoms with Gasteiger partial charge >= 0.3 is 6.29 Å². The lowest BCUT2D eigenvalue weighted by atomic mass is 9.98. The Bertz CT molecular complexity index is 527. The molecule has 130 valence electrons. The Kier molecular flexibility index (Phi) is 6.02. The molecule has 3 rings (SSSR count). The van der Waals surface area contributed by atoms with Crippen LogP contribution in [0.1, 0.15) is 24.4 Å². The fraction of sp³-hybridized carbons (Fsp3) is 0.600. The van der Waals surface area contributed by atoms with Gasteiger partial charge in [-0.25, -0.2) is 0 Å². The number of benzene rings is 1. The first kappa shape index (κ1) is 18.2. The summed E-state index contributed by atoms with van der Waals surface area (Å²) in [5.41, 5.74) is 0.699. The smallest absolute Gasteiger partial charge is 0.396 e. The van der Waals surface area contributed by atoms with Gasteiger partial charge in [-0.1, -0.05) is 12.1 Å². The molecular formula is C15H21ClF2N2O3. The van der Waals surface area contributed by atoms with E-state index in [1.165, 1.54) is 6.07 Å². The lowest BCUT2D eigenvalue weighted by Gasteiger charge is -2.35. The second kappa shape index (κ2) is 7.61. The summed E-state index contributed by atoms with van der Waals surface area (Å²) in [6.45, 7) is 3.45. The molecule has 8 heteroatoms. The van der Waals surface area contributed by atoms with Crippen LogP contribution in [0.5, 0.6) is 11.5 Å². The van der Waals surface area contributed by atoms with E-state index >= 15 is 0 Å². The van der Waals surface area contributed by atoms with Crippen LogP contribution in [0.3, 0.4) is 0 Å². The van der Waals surface area contributed by atoms with E-state index in [1.54, 1.807) is 12.1 Å². The Balaban J connectivity index is 0.00000192. The molecule has 5 nitrogen and oxygen atoms in total. The van der Waals surface area contributed by atoms with Gasteiger partial charge in [-0.05, 0) is 18.9 Å². The fourth-order valence-electron chi connectivity index (χ4n) is 3.07. The van der Waals surface area contributed by atoms with E-state index in [0.29, 0.717) is 18.4 Å². The third-order valence-corrected chi connectivity index (χ3v) is 4.05. The lowest BCUT2D eigenvalue weighted by Crippen LogP contribution is -2.45. The highest BCUT2D eigenvalue weighted by molar-refractivity contribution is 5.85. The monoisotopic (exact) mass is 350 g/mol. The standard InChI is InChI=1S/C15H20F2N2O3.ClH/c16-15(17)21-13-5-1-3-11(14(13)22-15)12(4-2-10-20)19-8-6-18-7-9-19;/h1,3,5,12,18,20H,2,4,6-10H2;1H/t12-;/m1./s1. The first-order chi connectivity index (χ1) is 10.6. The predicted octanol–water partition coefficient (Wildman–Crippen LogP) is 2.15. The molecule has 0 bridgehead atoms. The molecule has 1 atom stereocenters. The topological polar surface area (TPSA) is 54.0 Å². The van der Waals surface area contributed by atoms with Crippen molar-refractivity contribution in [1.29, 1.82) is 0 Å². The van der Waals surface area contributed by atoms with Gasteiger partial charge in [0, 0.05) is 44.4 Å². The molecule has 23 heavy (non-hydrogen) atoms. The minimum Gasteiger partial charge on any atom is -0.396 e. The second-order valence-corrected chi connectivity index (χ2v) is 5.51. The first-order valence-electron chi connectivity index (χ1n) is 7.55. The van der Waals surface area contributed by atoms with Gasteiger partial charge in [-0.15, -0.1) is 21.2 Å². The SMILES string of the molecule is Cl.OCCC[C@H](c1cccc2c1OC(F)(F)O2)N1CCNCC1. The molecule has 0 spiro atoms. The second-order valence-electron chi connectivity index (χ2n) is 5.51. The van der Waals surface area contributed by atoms with E-state index in [1.807, 2.05) is 0 Å². The average Bonchev–Trinajstić information content (AvgIpc) is 2.83. The van der Waals surface area contributed by atoms with Gasteiger partial charge in [0.15, 0.2) is 11.5 Å². The molecule has 1 saturated heterocycles. The number of rotatable bonds is 5. The van der Waals surface area contributed by atoms with Crippen LogP contribution in [-0.4, -0.2) is 49.1 Å². The highest BCUT2D eigenvalue weighted by atomic mass is 35.5. The number of aliphatic hydroxyl groups excluding tert-OH is 1. The molecule has 0 aliphatic carbocycles. The van der Waals surface area contributed by atoms with Crippen molar-refractivity contribution in [3.05, 3.63) is 23.8 Å². The molecule has 2 N–H and O–H groups in total. The molecule has 0 aromatic heterocycles. The molecule has 1 fully saturated rings. The van der Waals surface area contributed by atoms with Crippen LogP contribution in [0, 0.1) is 0 Å². The molecule has 1 aromatic rings. The maximum atomic E-state index is 13.4. The van der Waals surface area contributed by atoms with E-state index in [-0.39, 0.29) is 36.6 Å². The van der Waals surface area contributed by atoms with Crippen LogP contribution in [0.25, 0.3) is 0 Å². The van der Waals surface area contributed by atoms with Crippen molar-refractivity contribution in [1.82, 2.24) is 10.2 Å². The number of fused-ring (bicyclic) bond motifs is 1. The number of alkyl halides is 2. The highest BCUT2D eigenvalue weighted by Crippen LogP contribution is 2.46. The van der Waals surface area contributed by atoms with Crippen LogP contribution in [0.2, 0.25) is 0 Å². The average molecular weight is 351 g/mol. The molecule has 2 aliphatic heterocycles. The predicted molar refractivity (Wildman–Crippen MR) is 83.4 cm³/mol. The molecule has 0 saturated carbocycles. The number of piperazine rings is 1. The van der Waals surface area contributed by atoms with Crippen molar-refractivity contribution in [2.75, 3.05) is 32.8 Å². The van der Waals surface area contributed by atoms with Crippen LogP contribution in [0.4, 0.5) is 8.78 Å². The maximum absolute atomic E-state index is 13.4. The summed E-state index contributed by atoms with van der Waals surface area (Å²) >= 11 is 0. The minimum absolute atomic E-state index is 0. The largest absolute Gasteiger partial charge is 0.586 e. The number of para-hydroxylation sites is 1. The summed E-state index contributed by atoms with van der Waals surface area (Å²) in [5, 5.41) is 12.4. The Labute approximate surface area is 140 Å². The van der Waals surface area contributed by atoms with Gasteiger partial charge in [0.25, 0.3) is 0 Å². The molecule has 2 heterocycles. The molecular weight excluding hydrogens is 330 g/mol. The summed E-state index contributed by atoms with van der Waals surface area (Å²) in [5.74, 6) is 0.195. The Morgan fingerprint density at radius 1 is 1.26 bits per heavy atom.